The van der Waals surface area contributed by atoms with Crippen LogP contribution >= 0.6 is 0 Å². The zero-order chi connectivity index (χ0) is 19.8. The Bertz CT molecular complexity index is 1040. The first-order valence-corrected chi connectivity index (χ1v) is 9.04. The molecule has 0 spiro atoms. The van der Waals surface area contributed by atoms with Gasteiger partial charge in [-0.05, 0) is 44.2 Å². The number of nitrogens with zero attached hydrogens (tertiary/aromatic N) is 5. The minimum absolute atomic E-state index is 0.0129. The Balaban J connectivity index is 1.59. The van der Waals surface area contributed by atoms with Crippen molar-refractivity contribution in [2.75, 3.05) is 25.1 Å². The topological polar surface area (TPSA) is 80.0 Å². The molecular weight excluding hydrogens is 358 g/mol. The van der Waals surface area contributed by atoms with Crippen LogP contribution in [0.3, 0.4) is 0 Å². The normalized spacial score (nSPS) is 17.2. The summed E-state index contributed by atoms with van der Waals surface area (Å²) in [5.74, 6) is 0.864. The van der Waals surface area contributed by atoms with Crippen molar-refractivity contribution in [3.05, 3.63) is 54.1 Å². The van der Waals surface area contributed by atoms with Crippen molar-refractivity contribution in [3.63, 3.8) is 0 Å². The van der Waals surface area contributed by atoms with Crippen molar-refractivity contribution in [2.45, 2.75) is 19.9 Å². The highest BCUT2D eigenvalue weighted by atomic mass is 16.5. The van der Waals surface area contributed by atoms with Crippen LogP contribution in [0.25, 0.3) is 5.78 Å². The first-order valence-electron chi connectivity index (χ1n) is 9.04. The van der Waals surface area contributed by atoms with Gasteiger partial charge in [-0.1, -0.05) is 0 Å². The highest BCUT2D eigenvalue weighted by Crippen LogP contribution is 2.24. The molecule has 4 rings (SSSR count). The van der Waals surface area contributed by atoms with Crippen LogP contribution in [0.2, 0.25) is 0 Å². The average Bonchev–Trinajstić information content (AvgIpc) is 3.04. The van der Waals surface area contributed by atoms with E-state index in [2.05, 4.69) is 9.97 Å². The number of methoxy groups -OCH3 is 1. The fraction of sp³-hybridized carbons (Fsp3) is 0.300. The summed E-state index contributed by atoms with van der Waals surface area (Å²) in [7, 11) is 1.60. The molecule has 0 aliphatic carbocycles. The van der Waals surface area contributed by atoms with E-state index in [0.717, 1.165) is 11.4 Å². The molecule has 8 heteroatoms. The number of imidazole rings is 1. The third kappa shape index (κ3) is 2.96. The highest BCUT2D eigenvalue weighted by molar-refractivity contribution is 6.02. The van der Waals surface area contributed by atoms with E-state index in [0.29, 0.717) is 23.7 Å². The number of carbonyl (C=O) groups excluding carboxylic acids is 2. The summed E-state index contributed by atoms with van der Waals surface area (Å²) < 4.78 is 6.84. The Morgan fingerprint density at radius 2 is 2.00 bits per heavy atom. The van der Waals surface area contributed by atoms with E-state index in [1.54, 1.807) is 46.7 Å². The predicted octanol–water partition coefficient (Wildman–Crippen LogP) is 1.92. The molecule has 1 aliphatic rings. The lowest BCUT2D eigenvalue weighted by Crippen LogP contribution is -2.57. The fourth-order valence-electron chi connectivity index (χ4n) is 3.53. The van der Waals surface area contributed by atoms with Gasteiger partial charge in [0.25, 0.3) is 5.91 Å². The first kappa shape index (κ1) is 18.0. The average molecular weight is 379 g/mol. The molecule has 144 valence electrons. The summed E-state index contributed by atoms with van der Waals surface area (Å²) in [6.07, 6.45) is 3.39. The largest absolute Gasteiger partial charge is 0.497 e. The Morgan fingerprint density at radius 3 is 2.71 bits per heavy atom. The van der Waals surface area contributed by atoms with Crippen molar-refractivity contribution in [1.29, 1.82) is 0 Å². The Hall–Kier alpha value is -3.42. The summed E-state index contributed by atoms with van der Waals surface area (Å²) in [6, 6.07) is 8.94. The summed E-state index contributed by atoms with van der Waals surface area (Å²) >= 11 is 0. The van der Waals surface area contributed by atoms with E-state index in [1.807, 2.05) is 31.2 Å². The van der Waals surface area contributed by atoms with E-state index in [4.69, 9.17) is 4.74 Å². The second-order valence-corrected chi connectivity index (χ2v) is 6.82. The van der Waals surface area contributed by atoms with Crippen LogP contribution in [0.1, 0.15) is 23.1 Å². The second-order valence-electron chi connectivity index (χ2n) is 6.82. The molecule has 0 radical (unpaired) electrons. The highest BCUT2D eigenvalue weighted by Gasteiger charge is 2.35. The van der Waals surface area contributed by atoms with Gasteiger partial charge in [0.1, 0.15) is 18.0 Å². The van der Waals surface area contributed by atoms with Crippen LogP contribution in [-0.4, -0.2) is 57.3 Å². The van der Waals surface area contributed by atoms with E-state index >= 15 is 0 Å². The summed E-state index contributed by atoms with van der Waals surface area (Å²) in [5.41, 5.74) is 1.83. The first-order chi connectivity index (χ1) is 13.5. The third-order valence-corrected chi connectivity index (χ3v) is 5.01. The molecule has 1 aromatic carbocycles. The summed E-state index contributed by atoms with van der Waals surface area (Å²) in [4.78, 5) is 37.9. The quantitative estimate of drug-likeness (QED) is 0.695. The Labute approximate surface area is 162 Å². The van der Waals surface area contributed by atoms with Gasteiger partial charge in [0.05, 0.1) is 12.8 Å². The second kappa shape index (κ2) is 6.95. The van der Waals surface area contributed by atoms with Gasteiger partial charge in [-0.25, -0.2) is 9.97 Å². The zero-order valence-electron chi connectivity index (χ0n) is 16.0. The van der Waals surface area contributed by atoms with Gasteiger partial charge in [-0.15, -0.1) is 0 Å². The molecule has 0 N–H and O–H groups in total. The lowest BCUT2D eigenvalue weighted by atomic mass is 10.1. The lowest BCUT2D eigenvalue weighted by Gasteiger charge is -2.39. The maximum Gasteiger partial charge on any atom is 0.273 e. The van der Waals surface area contributed by atoms with E-state index in [9.17, 15) is 9.59 Å². The van der Waals surface area contributed by atoms with E-state index in [1.165, 1.54) is 0 Å². The number of hydrogen-bond donors (Lipinski definition) is 0. The van der Waals surface area contributed by atoms with Crippen molar-refractivity contribution < 1.29 is 14.3 Å². The number of fused-ring (bicyclic) bond motifs is 1. The summed E-state index contributed by atoms with van der Waals surface area (Å²) in [5, 5.41) is 0. The van der Waals surface area contributed by atoms with Gasteiger partial charge >= 0.3 is 0 Å². The van der Waals surface area contributed by atoms with Gasteiger partial charge in [0.2, 0.25) is 11.7 Å². The van der Waals surface area contributed by atoms with Crippen molar-refractivity contribution in [3.8, 4) is 5.75 Å². The monoisotopic (exact) mass is 379 g/mol. The third-order valence-electron chi connectivity index (χ3n) is 5.01. The van der Waals surface area contributed by atoms with Gasteiger partial charge in [-0.2, -0.15) is 0 Å². The van der Waals surface area contributed by atoms with Crippen LogP contribution in [0.4, 0.5) is 5.69 Å². The molecule has 2 aromatic heterocycles. The standard InChI is InChI=1S/C20H21N5O3/c1-13-11-25(15-5-7-16(28-3)8-6-15)17(26)12-24(13)19(27)18-14(2)22-20-21-9-4-10-23(18)20/h4-10,13H,11-12H2,1-3H3. The Morgan fingerprint density at radius 1 is 1.25 bits per heavy atom. The zero-order valence-corrected chi connectivity index (χ0v) is 16.0. The van der Waals surface area contributed by atoms with Gasteiger partial charge in [0.15, 0.2) is 0 Å². The number of aromatic nitrogens is 3. The molecule has 2 amide bonds. The molecule has 0 bridgehead atoms. The number of hydrogen-bond acceptors (Lipinski definition) is 5. The number of amides is 2. The van der Waals surface area contributed by atoms with Crippen molar-refractivity contribution >= 4 is 23.3 Å². The number of anilines is 1. The molecule has 8 nitrogen and oxygen atoms in total. The molecular formula is C20H21N5O3. The molecule has 1 saturated heterocycles. The molecule has 1 atom stereocenters. The molecule has 3 aromatic rings. The number of ether oxygens (including phenoxy) is 1. The fourth-order valence-corrected chi connectivity index (χ4v) is 3.53. The number of carbonyl (C=O) groups is 2. The van der Waals surface area contributed by atoms with Crippen LogP contribution in [-0.2, 0) is 4.79 Å². The number of rotatable bonds is 3. The van der Waals surface area contributed by atoms with Gasteiger partial charge in [0, 0.05) is 30.7 Å². The molecule has 0 saturated carbocycles. The molecule has 1 fully saturated rings. The van der Waals surface area contributed by atoms with Gasteiger partial charge < -0.3 is 14.5 Å². The number of benzene rings is 1. The van der Waals surface area contributed by atoms with E-state index < -0.39 is 0 Å². The maximum absolute atomic E-state index is 13.2. The van der Waals surface area contributed by atoms with Crippen LogP contribution in [0, 0.1) is 6.92 Å². The lowest BCUT2D eigenvalue weighted by molar-refractivity contribution is -0.121. The molecule has 28 heavy (non-hydrogen) atoms. The van der Waals surface area contributed by atoms with Crippen LogP contribution in [0.5, 0.6) is 5.75 Å². The molecule has 1 unspecified atom stereocenters. The van der Waals surface area contributed by atoms with Crippen molar-refractivity contribution in [2.24, 2.45) is 0 Å². The minimum atomic E-state index is -0.215. The minimum Gasteiger partial charge on any atom is -0.497 e. The Kier molecular flexibility index (Phi) is 4.46. The van der Waals surface area contributed by atoms with E-state index in [-0.39, 0.29) is 24.4 Å². The van der Waals surface area contributed by atoms with Crippen LogP contribution in [0.15, 0.2) is 42.7 Å². The molecule has 1 aliphatic heterocycles. The van der Waals surface area contributed by atoms with Crippen molar-refractivity contribution in [1.82, 2.24) is 19.3 Å². The number of aryl methyl sites for hydroxylation is 1. The van der Waals surface area contributed by atoms with Gasteiger partial charge in [-0.3, -0.25) is 14.0 Å². The SMILES string of the molecule is COc1ccc(N2CC(C)N(C(=O)c3c(C)nc4ncccn34)CC2=O)cc1. The molecule has 3 heterocycles. The maximum atomic E-state index is 13.2. The number of piperazine rings is 1. The van der Waals surface area contributed by atoms with Crippen LogP contribution < -0.4 is 9.64 Å². The predicted molar refractivity (Wildman–Crippen MR) is 104 cm³/mol. The smallest absolute Gasteiger partial charge is 0.273 e. The summed E-state index contributed by atoms with van der Waals surface area (Å²) in [6.45, 7) is 4.16.